The van der Waals surface area contributed by atoms with E-state index in [4.69, 9.17) is 0 Å². The van der Waals surface area contributed by atoms with E-state index in [0.29, 0.717) is 23.7 Å². The highest BCUT2D eigenvalue weighted by molar-refractivity contribution is 7.91. The minimum atomic E-state index is -3.04. The third-order valence-corrected chi connectivity index (χ3v) is 6.74. The molecule has 148 valence electrons. The minimum absolute atomic E-state index is 0.0776. The van der Waals surface area contributed by atoms with Gasteiger partial charge in [0.2, 0.25) is 5.91 Å². The summed E-state index contributed by atoms with van der Waals surface area (Å²) in [5, 5.41) is 9.92. The van der Waals surface area contributed by atoms with Gasteiger partial charge in [-0.3, -0.25) is 14.3 Å². The molecular formula is C19H22N4O4S. The van der Waals surface area contributed by atoms with E-state index in [0.717, 1.165) is 18.5 Å². The second kappa shape index (κ2) is 7.05. The quantitative estimate of drug-likeness (QED) is 0.798. The number of rotatable bonds is 5. The number of hydrogen-bond donors (Lipinski definition) is 2. The first-order chi connectivity index (χ1) is 13.3. The van der Waals surface area contributed by atoms with E-state index in [-0.39, 0.29) is 35.1 Å². The maximum atomic E-state index is 12.7. The van der Waals surface area contributed by atoms with Crippen LogP contribution in [-0.2, 0) is 14.6 Å². The van der Waals surface area contributed by atoms with Crippen LogP contribution in [0.5, 0.6) is 0 Å². The number of sulfone groups is 1. The zero-order chi connectivity index (χ0) is 19.9. The molecule has 8 nitrogen and oxygen atoms in total. The van der Waals surface area contributed by atoms with Crippen molar-refractivity contribution in [2.24, 2.45) is 0 Å². The standard InChI is InChI=1S/C19H22N4O4S/c1-12(24)20-14-3-2-4-15(9-14)21-19(25)17-10-18(13-5-6-13)23(22-17)16-7-8-28(26,27)11-16/h2-4,9-10,13,16H,5-8,11H2,1H3,(H,20,24)(H,21,25). The van der Waals surface area contributed by atoms with Gasteiger partial charge in [-0.25, -0.2) is 8.42 Å². The van der Waals surface area contributed by atoms with Crippen molar-refractivity contribution in [2.45, 2.75) is 38.1 Å². The van der Waals surface area contributed by atoms with Crippen molar-refractivity contribution in [3.05, 3.63) is 41.7 Å². The normalized spacial score (nSPS) is 20.7. The number of carbonyl (C=O) groups is 2. The fourth-order valence-corrected chi connectivity index (χ4v) is 5.23. The van der Waals surface area contributed by atoms with Crippen molar-refractivity contribution in [2.75, 3.05) is 22.1 Å². The van der Waals surface area contributed by atoms with Crippen molar-refractivity contribution >= 4 is 33.0 Å². The van der Waals surface area contributed by atoms with Crippen molar-refractivity contribution in [1.29, 1.82) is 0 Å². The SMILES string of the molecule is CC(=O)Nc1cccc(NC(=O)c2cc(C3CC3)n(C3CCS(=O)(=O)C3)n2)c1. The van der Waals surface area contributed by atoms with Crippen LogP contribution in [-0.4, -0.2) is 41.5 Å². The predicted octanol–water partition coefficient (Wildman–Crippen LogP) is 2.33. The molecule has 2 aromatic rings. The van der Waals surface area contributed by atoms with Gasteiger partial charge in [0, 0.05) is 29.9 Å². The van der Waals surface area contributed by atoms with Crippen LogP contribution in [0.3, 0.4) is 0 Å². The van der Waals surface area contributed by atoms with Gasteiger partial charge in [-0.2, -0.15) is 5.10 Å². The van der Waals surface area contributed by atoms with E-state index in [2.05, 4.69) is 15.7 Å². The molecule has 1 aromatic carbocycles. The molecule has 2 amide bonds. The Hall–Kier alpha value is -2.68. The molecule has 4 rings (SSSR count). The van der Waals surface area contributed by atoms with E-state index >= 15 is 0 Å². The molecule has 0 spiro atoms. The summed E-state index contributed by atoms with van der Waals surface area (Å²) >= 11 is 0. The molecule has 2 heterocycles. The average Bonchev–Trinajstić information content (AvgIpc) is 3.25. The molecule has 28 heavy (non-hydrogen) atoms. The van der Waals surface area contributed by atoms with Crippen LogP contribution in [0.25, 0.3) is 0 Å². The summed E-state index contributed by atoms with van der Waals surface area (Å²) < 4.78 is 25.5. The smallest absolute Gasteiger partial charge is 0.276 e. The van der Waals surface area contributed by atoms with Crippen LogP contribution in [0.2, 0.25) is 0 Å². The third-order valence-electron chi connectivity index (χ3n) is 4.99. The molecule has 0 radical (unpaired) electrons. The lowest BCUT2D eigenvalue weighted by Gasteiger charge is -2.12. The summed E-state index contributed by atoms with van der Waals surface area (Å²) in [5.74, 6) is 0.0394. The number of nitrogens with one attached hydrogen (secondary N) is 2. The Morgan fingerprint density at radius 2 is 1.82 bits per heavy atom. The number of amides is 2. The minimum Gasteiger partial charge on any atom is -0.326 e. The lowest BCUT2D eigenvalue weighted by Crippen LogP contribution is -2.17. The van der Waals surface area contributed by atoms with Crippen molar-refractivity contribution in [3.8, 4) is 0 Å². The largest absolute Gasteiger partial charge is 0.326 e. The van der Waals surface area contributed by atoms with Crippen LogP contribution in [0, 0.1) is 0 Å². The Kier molecular flexibility index (Phi) is 4.70. The second-order valence-electron chi connectivity index (χ2n) is 7.45. The number of nitrogens with zero attached hydrogens (tertiary/aromatic N) is 2. The summed E-state index contributed by atoms with van der Waals surface area (Å²) in [6, 6.07) is 8.43. The number of benzene rings is 1. The van der Waals surface area contributed by atoms with Gasteiger partial charge in [0.15, 0.2) is 15.5 Å². The van der Waals surface area contributed by atoms with Gasteiger partial charge in [0.1, 0.15) is 0 Å². The Labute approximate surface area is 163 Å². The maximum absolute atomic E-state index is 12.7. The van der Waals surface area contributed by atoms with Gasteiger partial charge < -0.3 is 10.6 Å². The fraction of sp³-hybridized carbons (Fsp3) is 0.421. The first-order valence-electron chi connectivity index (χ1n) is 9.29. The number of carbonyl (C=O) groups excluding carboxylic acids is 2. The molecule has 1 unspecified atom stereocenters. The van der Waals surface area contributed by atoms with Crippen LogP contribution >= 0.6 is 0 Å². The number of hydrogen-bond acceptors (Lipinski definition) is 5. The molecule has 1 saturated heterocycles. The molecule has 9 heteroatoms. The molecule has 1 aliphatic heterocycles. The molecule has 1 aromatic heterocycles. The summed E-state index contributed by atoms with van der Waals surface area (Å²) in [6.07, 6.45) is 2.60. The van der Waals surface area contributed by atoms with Gasteiger partial charge in [-0.1, -0.05) is 6.07 Å². The second-order valence-corrected chi connectivity index (χ2v) is 9.67. The zero-order valence-corrected chi connectivity index (χ0v) is 16.3. The average molecular weight is 402 g/mol. The lowest BCUT2D eigenvalue weighted by atomic mass is 10.2. The highest BCUT2D eigenvalue weighted by atomic mass is 32.2. The molecule has 2 fully saturated rings. The number of aromatic nitrogens is 2. The Balaban J connectivity index is 1.55. The Bertz CT molecular complexity index is 1040. The summed E-state index contributed by atoms with van der Waals surface area (Å²) in [5.41, 5.74) is 2.35. The van der Waals surface area contributed by atoms with Gasteiger partial charge in [0.25, 0.3) is 5.91 Å². The fourth-order valence-electron chi connectivity index (χ4n) is 3.54. The van der Waals surface area contributed by atoms with Gasteiger partial charge in [-0.05, 0) is 43.5 Å². The first kappa shape index (κ1) is 18.7. The van der Waals surface area contributed by atoms with Crippen LogP contribution in [0.4, 0.5) is 11.4 Å². The topological polar surface area (TPSA) is 110 Å². The molecular weight excluding hydrogens is 380 g/mol. The van der Waals surface area contributed by atoms with E-state index in [1.165, 1.54) is 6.92 Å². The highest BCUT2D eigenvalue weighted by Gasteiger charge is 2.36. The molecule has 2 aliphatic rings. The van der Waals surface area contributed by atoms with E-state index < -0.39 is 9.84 Å². The van der Waals surface area contributed by atoms with Gasteiger partial charge in [0.05, 0.1) is 17.5 Å². The number of anilines is 2. The van der Waals surface area contributed by atoms with E-state index in [1.54, 1.807) is 35.0 Å². The van der Waals surface area contributed by atoms with Crippen molar-refractivity contribution in [3.63, 3.8) is 0 Å². The first-order valence-corrected chi connectivity index (χ1v) is 11.1. The molecule has 1 aliphatic carbocycles. The van der Waals surface area contributed by atoms with Gasteiger partial charge >= 0.3 is 0 Å². The predicted molar refractivity (Wildman–Crippen MR) is 105 cm³/mol. The van der Waals surface area contributed by atoms with E-state index in [1.807, 2.05) is 0 Å². The van der Waals surface area contributed by atoms with Crippen molar-refractivity contribution in [1.82, 2.24) is 9.78 Å². The molecule has 2 N–H and O–H groups in total. The summed E-state index contributed by atoms with van der Waals surface area (Å²) in [4.78, 5) is 23.9. The lowest BCUT2D eigenvalue weighted by molar-refractivity contribution is -0.114. The molecule has 1 atom stereocenters. The van der Waals surface area contributed by atoms with Gasteiger partial charge in [-0.15, -0.1) is 0 Å². The molecule has 1 saturated carbocycles. The monoisotopic (exact) mass is 402 g/mol. The third kappa shape index (κ3) is 4.09. The van der Waals surface area contributed by atoms with Crippen LogP contribution < -0.4 is 10.6 Å². The maximum Gasteiger partial charge on any atom is 0.276 e. The van der Waals surface area contributed by atoms with Crippen LogP contribution in [0.1, 0.15) is 54.3 Å². The van der Waals surface area contributed by atoms with Crippen LogP contribution in [0.15, 0.2) is 30.3 Å². The Morgan fingerprint density at radius 3 is 2.43 bits per heavy atom. The Morgan fingerprint density at radius 1 is 1.11 bits per heavy atom. The van der Waals surface area contributed by atoms with Crippen molar-refractivity contribution < 1.29 is 18.0 Å². The molecule has 0 bridgehead atoms. The summed E-state index contributed by atoms with van der Waals surface area (Å²) in [7, 11) is -3.04. The summed E-state index contributed by atoms with van der Waals surface area (Å²) in [6.45, 7) is 1.42. The van der Waals surface area contributed by atoms with E-state index in [9.17, 15) is 18.0 Å². The zero-order valence-electron chi connectivity index (χ0n) is 15.5. The highest BCUT2D eigenvalue weighted by Crippen LogP contribution is 2.42.